The molecule has 35 heavy (non-hydrogen) atoms. The predicted octanol–water partition coefficient (Wildman–Crippen LogP) is 3.52. The molecule has 0 atom stereocenters. The Morgan fingerprint density at radius 1 is 1.06 bits per heavy atom. The van der Waals surface area contributed by atoms with E-state index in [9.17, 15) is 4.79 Å². The minimum Gasteiger partial charge on any atom is -0.457 e. The van der Waals surface area contributed by atoms with E-state index in [-0.39, 0.29) is 5.97 Å². The molecule has 0 radical (unpaired) electrons. The summed E-state index contributed by atoms with van der Waals surface area (Å²) in [7, 11) is 0. The monoisotopic (exact) mass is 472 g/mol. The van der Waals surface area contributed by atoms with Crippen LogP contribution in [0.2, 0.25) is 0 Å². The van der Waals surface area contributed by atoms with Gasteiger partial charge in [-0.1, -0.05) is 6.07 Å². The molecule has 0 N–H and O–H groups in total. The highest BCUT2D eigenvalue weighted by Crippen LogP contribution is 2.42. The summed E-state index contributed by atoms with van der Waals surface area (Å²) in [6, 6.07) is 8.25. The predicted molar refractivity (Wildman–Crippen MR) is 132 cm³/mol. The molecule has 7 rings (SSSR count). The van der Waals surface area contributed by atoms with E-state index in [1.165, 1.54) is 43.2 Å². The summed E-state index contributed by atoms with van der Waals surface area (Å²) in [5, 5.41) is 13.6. The van der Waals surface area contributed by atoms with Crippen molar-refractivity contribution >= 4 is 17.4 Å². The van der Waals surface area contributed by atoms with Gasteiger partial charge in [-0.15, -0.1) is 15.3 Å². The quantitative estimate of drug-likeness (QED) is 0.526. The van der Waals surface area contributed by atoms with Gasteiger partial charge in [0.2, 0.25) is 0 Å². The zero-order chi connectivity index (χ0) is 23.6. The van der Waals surface area contributed by atoms with E-state index in [0.29, 0.717) is 17.9 Å². The van der Waals surface area contributed by atoms with Gasteiger partial charge in [0, 0.05) is 31.1 Å². The average Bonchev–Trinajstić information content (AvgIpc) is 3.32. The van der Waals surface area contributed by atoms with Crippen molar-refractivity contribution in [3.8, 4) is 0 Å². The molecule has 1 saturated carbocycles. The summed E-state index contributed by atoms with van der Waals surface area (Å²) in [4.78, 5) is 16.9. The minimum atomic E-state index is -0.179. The Bertz CT molecular complexity index is 1300. The first-order valence-corrected chi connectivity index (χ1v) is 13.1. The number of esters is 1. The second kappa shape index (κ2) is 8.01. The molecule has 5 heterocycles. The highest BCUT2D eigenvalue weighted by Gasteiger charge is 2.41. The maximum absolute atomic E-state index is 11.8. The zero-order valence-corrected chi connectivity index (χ0v) is 20.4. The van der Waals surface area contributed by atoms with Crippen molar-refractivity contribution in [2.45, 2.75) is 58.0 Å². The number of fused-ring (bicyclic) bond motifs is 2. The van der Waals surface area contributed by atoms with Gasteiger partial charge in [-0.25, -0.2) is 4.79 Å². The Hall–Kier alpha value is -3.00. The van der Waals surface area contributed by atoms with Crippen molar-refractivity contribution in [1.82, 2.24) is 24.7 Å². The highest BCUT2D eigenvalue weighted by molar-refractivity contribution is 5.93. The van der Waals surface area contributed by atoms with Crippen LogP contribution in [0.15, 0.2) is 24.3 Å². The van der Waals surface area contributed by atoms with E-state index in [1.54, 1.807) is 0 Å². The topological polar surface area (TPSA) is 75.9 Å². The Morgan fingerprint density at radius 3 is 2.71 bits per heavy atom. The molecular weight excluding hydrogens is 440 g/mol. The van der Waals surface area contributed by atoms with Crippen LogP contribution in [0.3, 0.4) is 0 Å². The van der Waals surface area contributed by atoms with E-state index in [1.807, 2.05) is 10.6 Å². The molecule has 1 spiro atoms. The lowest BCUT2D eigenvalue weighted by Crippen LogP contribution is -2.42. The number of anilines is 1. The van der Waals surface area contributed by atoms with Crippen LogP contribution in [0.25, 0.3) is 5.65 Å². The number of aromatic nitrogens is 4. The molecule has 182 valence electrons. The molecule has 0 unspecified atom stereocenters. The van der Waals surface area contributed by atoms with Crippen molar-refractivity contribution in [1.29, 1.82) is 0 Å². The van der Waals surface area contributed by atoms with Crippen LogP contribution in [-0.2, 0) is 17.8 Å². The van der Waals surface area contributed by atoms with E-state index < -0.39 is 0 Å². The number of piperidine rings is 1. The lowest BCUT2D eigenvalue weighted by atomic mass is 9.77. The fraction of sp³-hybridized carbons (Fsp3) is 0.556. The molecule has 2 aromatic heterocycles. The van der Waals surface area contributed by atoms with Gasteiger partial charge in [0.1, 0.15) is 12.4 Å². The summed E-state index contributed by atoms with van der Waals surface area (Å²) in [5.41, 5.74) is 5.67. The number of ether oxygens (including phenoxy) is 1. The molecule has 4 aliphatic rings. The number of rotatable bonds is 5. The largest absolute Gasteiger partial charge is 0.457 e. The van der Waals surface area contributed by atoms with Gasteiger partial charge in [-0.3, -0.25) is 0 Å². The van der Waals surface area contributed by atoms with Crippen molar-refractivity contribution < 1.29 is 9.53 Å². The normalized spacial score (nSPS) is 21.7. The third-order valence-electron chi connectivity index (χ3n) is 8.87. The average molecular weight is 473 g/mol. The molecule has 3 aliphatic heterocycles. The number of likely N-dealkylation sites (tertiary alicyclic amines) is 1. The van der Waals surface area contributed by atoms with E-state index in [2.05, 4.69) is 45.1 Å². The molecular formula is C27H32N6O2. The van der Waals surface area contributed by atoms with Gasteiger partial charge >= 0.3 is 5.97 Å². The number of hydrogen-bond acceptors (Lipinski definition) is 7. The van der Waals surface area contributed by atoms with Crippen LogP contribution in [0, 0.1) is 12.3 Å². The first-order chi connectivity index (χ1) is 17.1. The molecule has 3 aromatic rings. The number of nitrogens with zero attached hydrogens (tertiary/aromatic N) is 6. The summed E-state index contributed by atoms with van der Waals surface area (Å²) < 4.78 is 7.19. The van der Waals surface area contributed by atoms with Gasteiger partial charge in [-0.2, -0.15) is 4.52 Å². The summed E-state index contributed by atoms with van der Waals surface area (Å²) >= 11 is 0. The first-order valence-electron chi connectivity index (χ1n) is 13.1. The fourth-order valence-corrected chi connectivity index (χ4v) is 6.30. The lowest BCUT2D eigenvalue weighted by molar-refractivity contribution is 0.0535. The van der Waals surface area contributed by atoms with E-state index >= 15 is 0 Å². The maximum atomic E-state index is 11.8. The lowest BCUT2D eigenvalue weighted by Gasteiger charge is -2.39. The van der Waals surface area contributed by atoms with Crippen LogP contribution < -0.4 is 4.90 Å². The van der Waals surface area contributed by atoms with Gasteiger partial charge in [0.15, 0.2) is 11.5 Å². The van der Waals surface area contributed by atoms with Crippen molar-refractivity contribution in [3.63, 3.8) is 0 Å². The van der Waals surface area contributed by atoms with E-state index in [0.717, 1.165) is 67.6 Å². The van der Waals surface area contributed by atoms with Crippen LogP contribution in [-0.4, -0.2) is 63.4 Å². The van der Waals surface area contributed by atoms with Crippen LogP contribution in [0.5, 0.6) is 0 Å². The second-order valence-corrected chi connectivity index (χ2v) is 11.0. The number of carbonyl (C=O) groups is 1. The van der Waals surface area contributed by atoms with Crippen LogP contribution in [0.1, 0.15) is 70.9 Å². The third kappa shape index (κ3) is 3.69. The van der Waals surface area contributed by atoms with Gasteiger partial charge in [-0.05, 0) is 93.3 Å². The first kappa shape index (κ1) is 21.3. The maximum Gasteiger partial charge on any atom is 0.338 e. The molecule has 0 bridgehead atoms. The molecule has 2 saturated heterocycles. The van der Waals surface area contributed by atoms with Crippen LogP contribution >= 0.6 is 0 Å². The Labute approximate surface area is 205 Å². The molecule has 8 heteroatoms. The fourth-order valence-electron chi connectivity index (χ4n) is 6.30. The van der Waals surface area contributed by atoms with E-state index in [4.69, 9.17) is 9.84 Å². The molecule has 1 aliphatic carbocycles. The standard InChI is InChI=1S/C27H32N6O2/c1-18-19(4-5-21-22(18)16-35-26(21)34)8-12-31-13-9-27(10-14-31)11-15-32(17-27)24-7-6-23-28-29-25(20-2-3-20)33(23)30-24/h4-7,20H,2-3,8-17H2,1H3. The minimum absolute atomic E-state index is 0.179. The molecule has 3 fully saturated rings. The van der Waals surface area contributed by atoms with Crippen molar-refractivity contribution in [2.75, 3.05) is 37.6 Å². The third-order valence-corrected chi connectivity index (χ3v) is 8.87. The number of cyclic esters (lactones) is 1. The second-order valence-electron chi connectivity index (χ2n) is 11.0. The van der Waals surface area contributed by atoms with Gasteiger partial charge < -0.3 is 14.5 Å². The zero-order valence-electron chi connectivity index (χ0n) is 20.4. The van der Waals surface area contributed by atoms with Crippen LogP contribution in [0.4, 0.5) is 5.82 Å². The highest BCUT2D eigenvalue weighted by atomic mass is 16.5. The molecule has 0 amide bonds. The SMILES string of the molecule is Cc1c(CCN2CCC3(CC2)CCN(c2ccc4nnc(C5CC5)n4n2)C3)ccc2c1COC2=O. The van der Waals surface area contributed by atoms with Gasteiger partial charge in [0.05, 0.1) is 5.56 Å². The van der Waals surface area contributed by atoms with Crippen molar-refractivity contribution in [3.05, 3.63) is 52.3 Å². The summed E-state index contributed by atoms with van der Waals surface area (Å²) in [6.07, 6.45) is 7.18. The molecule has 1 aromatic carbocycles. The van der Waals surface area contributed by atoms with Gasteiger partial charge in [0.25, 0.3) is 0 Å². The number of hydrogen-bond donors (Lipinski definition) is 0. The Kier molecular flexibility index (Phi) is 4.88. The summed E-state index contributed by atoms with van der Waals surface area (Å²) in [6.45, 7) is 8.12. The molecule has 8 nitrogen and oxygen atoms in total. The summed E-state index contributed by atoms with van der Waals surface area (Å²) in [5.74, 6) is 2.45. The number of carbonyl (C=O) groups excluding carboxylic acids is 1. The number of benzene rings is 1. The van der Waals surface area contributed by atoms with Crippen molar-refractivity contribution in [2.24, 2.45) is 5.41 Å². The Balaban J connectivity index is 0.976. The smallest absolute Gasteiger partial charge is 0.338 e. The Morgan fingerprint density at radius 2 is 1.89 bits per heavy atom.